The lowest BCUT2D eigenvalue weighted by atomic mass is 9.91. The Balaban J connectivity index is 2.48. The van der Waals surface area contributed by atoms with Gasteiger partial charge >= 0.3 is 0 Å². The van der Waals surface area contributed by atoms with E-state index >= 15 is 0 Å². The summed E-state index contributed by atoms with van der Waals surface area (Å²) in [6.45, 7) is 10.1. The predicted molar refractivity (Wildman–Crippen MR) is 88.5 cm³/mol. The number of rotatable bonds is 5. The Morgan fingerprint density at radius 2 is 1.90 bits per heavy atom. The van der Waals surface area contributed by atoms with Crippen LogP contribution < -0.4 is 4.90 Å². The Labute approximate surface area is 124 Å². The Morgan fingerprint density at radius 3 is 2.40 bits per heavy atom. The van der Waals surface area contributed by atoms with Gasteiger partial charge in [-0.25, -0.2) is 4.90 Å². The van der Waals surface area contributed by atoms with Crippen molar-refractivity contribution in [3.63, 3.8) is 0 Å². The normalized spacial score (nSPS) is 15.6. The minimum Gasteiger partial charge on any atom is -0.271 e. The maximum Gasteiger partial charge on any atom is 0.238 e. The van der Waals surface area contributed by atoms with Gasteiger partial charge in [0.2, 0.25) is 6.34 Å². The molecule has 2 rings (SSSR count). The summed E-state index contributed by atoms with van der Waals surface area (Å²) in [5, 5.41) is 0. The third-order valence-corrected chi connectivity index (χ3v) is 4.66. The van der Waals surface area contributed by atoms with Crippen LogP contribution in [0.15, 0.2) is 6.07 Å². The second-order valence-corrected chi connectivity index (χ2v) is 6.14. The third-order valence-electron chi connectivity index (χ3n) is 4.66. The predicted octanol–water partition coefficient (Wildman–Crippen LogP) is 3.87. The van der Waals surface area contributed by atoms with Crippen LogP contribution in [0.1, 0.15) is 54.9 Å². The van der Waals surface area contributed by atoms with Crippen LogP contribution >= 0.6 is 0 Å². The second-order valence-electron chi connectivity index (χ2n) is 6.14. The van der Waals surface area contributed by atoms with E-state index in [4.69, 9.17) is 0 Å². The molecule has 0 heterocycles. The monoisotopic (exact) mass is 273 g/mol. The molecule has 1 fully saturated rings. The number of hydrogen-bond acceptors (Lipinski definition) is 0. The molecular weight excluding hydrogens is 244 g/mol. The summed E-state index contributed by atoms with van der Waals surface area (Å²) in [5.41, 5.74) is 7.47. The van der Waals surface area contributed by atoms with E-state index in [-0.39, 0.29) is 0 Å². The zero-order valence-electron chi connectivity index (χ0n) is 14.0. The van der Waals surface area contributed by atoms with Crippen LogP contribution in [0.2, 0.25) is 0 Å². The molecule has 0 bridgehead atoms. The van der Waals surface area contributed by atoms with Crippen molar-refractivity contribution in [3.05, 3.63) is 28.3 Å². The smallest absolute Gasteiger partial charge is 0.238 e. The molecule has 1 aliphatic carbocycles. The minimum absolute atomic E-state index is 0.820. The quantitative estimate of drug-likeness (QED) is 0.448. The lowest BCUT2D eigenvalue weighted by Crippen LogP contribution is -2.24. The van der Waals surface area contributed by atoms with Crippen molar-refractivity contribution < 1.29 is 4.58 Å². The van der Waals surface area contributed by atoms with Crippen LogP contribution in [-0.2, 0) is 6.42 Å². The first-order valence-electron chi connectivity index (χ1n) is 7.90. The van der Waals surface area contributed by atoms with Crippen molar-refractivity contribution in [1.82, 2.24) is 0 Å². The molecule has 1 aromatic carbocycles. The summed E-state index contributed by atoms with van der Waals surface area (Å²) >= 11 is 0. The first-order valence-corrected chi connectivity index (χ1v) is 7.90. The molecule has 1 aromatic rings. The van der Waals surface area contributed by atoms with Crippen molar-refractivity contribution in [2.75, 3.05) is 25.5 Å². The Morgan fingerprint density at radius 1 is 1.25 bits per heavy atom. The van der Waals surface area contributed by atoms with E-state index in [9.17, 15) is 0 Å². The molecule has 0 saturated heterocycles. The van der Waals surface area contributed by atoms with E-state index in [1.807, 2.05) is 0 Å². The van der Waals surface area contributed by atoms with Crippen LogP contribution in [0.4, 0.5) is 5.69 Å². The highest BCUT2D eigenvalue weighted by atomic mass is 15.2. The molecule has 110 valence electrons. The van der Waals surface area contributed by atoms with Crippen LogP contribution in [0, 0.1) is 13.8 Å². The van der Waals surface area contributed by atoms with Crippen molar-refractivity contribution in [3.8, 4) is 0 Å². The van der Waals surface area contributed by atoms with Gasteiger partial charge < -0.3 is 0 Å². The summed E-state index contributed by atoms with van der Waals surface area (Å²) in [7, 11) is 4.29. The van der Waals surface area contributed by atoms with E-state index in [0.717, 1.165) is 18.9 Å². The van der Waals surface area contributed by atoms with E-state index in [2.05, 4.69) is 63.7 Å². The highest BCUT2D eigenvalue weighted by molar-refractivity contribution is 5.78. The van der Waals surface area contributed by atoms with Crippen LogP contribution in [-0.4, -0.2) is 31.6 Å². The van der Waals surface area contributed by atoms with Gasteiger partial charge in [-0.05, 0) is 74.3 Å². The molecule has 1 saturated carbocycles. The molecule has 0 amide bonds. The maximum absolute atomic E-state index is 2.44. The lowest BCUT2D eigenvalue weighted by Gasteiger charge is -2.19. The maximum atomic E-state index is 2.44. The summed E-state index contributed by atoms with van der Waals surface area (Å²) < 4.78 is 2.22. The standard InChI is InChI=1S/C18H29N2/c1-7-16-13(3)14(4)18(11-17(16)15-9-10-15)20(6)12-19(5)8-2/h11-12,15H,7-10H2,1-6H3/q+1. The molecule has 0 spiro atoms. The van der Waals surface area contributed by atoms with Crippen molar-refractivity contribution >= 4 is 12.0 Å². The Kier molecular flexibility index (Phi) is 4.52. The molecule has 0 radical (unpaired) electrons. The average Bonchev–Trinajstić information content (AvgIpc) is 3.25. The highest BCUT2D eigenvalue weighted by Crippen LogP contribution is 2.44. The fraction of sp³-hybridized carbons (Fsp3) is 0.611. The second kappa shape index (κ2) is 5.99. The fourth-order valence-electron chi connectivity index (χ4n) is 3.01. The topological polar surface area (TPSA) is 6.25 Å². The molecule has 0 atom stereocenters. The van der Waals surface area contributed by atoms with Gasteiger partial charge in [0.1, 0.15) is 5.69 Å². The van der Waals surface area contributed by atoms with Crippen LogP contribution in [0.5, 0.6) is 0 Å². The summed E-state index contributed by atoms with van der Waals surface area (Å²) in [4.78, 5) is 2.27. The number of benzene rings is 1. The van der Waals surface area contributed by atoms with Gasteiger partial charge in [0, 0.05) is 0 Å². The summed E-state index contributed by atoms with van der Waals surface area (Å²) in [6, 6.07) is 2.44. The first kappa shape index (κ1) is 15.1. The summed E-state index contributed by atoms with van der Waals surface area (Å²) in [5.74, 6) is 0.820. The number of anilines is 1. The number of hydrogen-bond donors (Lipinski definition) is 0. The Bertz CT molecular complexity index is 525. The van der Waals surface area contributed by atoms with Gasteiger partial charge in [-0.2, -0.15) is 0 Å². The number of nitrogens with zero attached hydrogens (tertiary/aromatic N) is 2. The molecule has 0 N–H and O–H groups in total. The molecule has 0 aromatic heterocycles. The van der Waals surface area contributed by atoms with Gasteiger partial charge in [-0.1, -0.05) is 6.92 Å². The first-order chi connectivity index (χ1) is 9.49. The van der Waals surface area contributed by atoms with Gasteiger partial charge in [-0.3, -0.25) is 4.58 Å². The van der Waals surface area contributed by atoms with Crippen LogP contribution in [0.3, 0.4) is 0 Å². The molecular formula is C18H29N2+. The largest absolute Gasteiger partial charge is 0.271 e. The van der Waals surface area contributed by atoms with E-state index in [1.54, 1.807) is 11.1 Å². The summed E-state index contributed by atoms with van der Waals surface area (Å²) in [6.07, 6.45) is 6.10. The molecule has 2 heteroatoms. The SMILES string of the molecule is CCc1c(C2CC2)cc(N(C)C=[N+](C)CC)c(C)c1C. The van der Waals surface area contributed by atoms with Crippen molar-refractivity contribution in [2.45, 2.75) is 52.9 Å². The van der Waals surface area contributed by atoms with E-state index < -0.39 is 0 Å². The van der Waals surface area contributed by atoms with Gasteiger partial charge in [0.25, 0.3) is 0 Å². The van der Waals surface area contributed by atoms with Crippen molar-refractivity contribution in [2.24, 2.45) is 0 Å². The minimum atomic E-state index is 0.820. The molecule has 0 aliphatic heterocycles. The van der Waals surface area contributed by atoms with Gasteiger partial charge in [0.05, 0.1) is 20.6 Å². The fourth-order valence-corrected chi connectivity index (χ4v) is 3.01. The zero-order chi connectivity index (χ0) is 14.9. The van der Waals surface area contributed by atoms with Gasteiger partial charge in [0.15, 0.2) is 0 Å². The molecule has 1 aliphatic rings. The molecule has 20 heavy (non-hydrogen) atoms. The van der Waals surface area contributed by atoms with E-state index in [1.165, 1.54) is 29.7 Å². The third kappa shape index (κ3) is 2.89. The van der Waals surface area contributed by atoms with Gasteiger partial charge in [-0.15, -0.1) is 0 Å². The van der Waals surface area contributed by atoms with E-state index in [0.29, 0.717) is 0 Å². The zero-order valence-corrected chi connectivity index (χ0v) is 14.0. The Hall–Kier alpha value is -1.31. The van der Waals surface area contributed by atoms with Crippen molar-refractivity contribution in [1.29, 1.82) is 0 Å². The lowest BCUT2D eigenvalue weighted by molar-refractivity contribution is -0.489. The average molecular weight is 273 g/mol. The molecule has 0 unspecified atom stereocenters. The molecule has 2 nitrogen and oxygen atoms in total. The highest BCUT2D eigenvalue weighted by Gasteiger charge is 2.28. The van der Waals surface area contributed by atoms with Crippen LogP contribution in [0.25, 0.3) is 0 Å².